The second kappa shape index (κ2) is 17.0. The number of carbonyl (C=O) groups excluding carboxylic acids is 2. The van der Waals surface area contributed by atoms with E-state index in [2.05, 4.69) is 17.6 Å². The van der Waals surface area contributed by atoms with Crippen LogP contribution in [0.25, 0.3) is 0 Å². The molecule has 6 nitrogen and oxygen atoms in total. The third-order valence-electron chi connectivity index (χ3n) is 8.41. The molecule has 2 amide bonds. The lowest BCUT2D eigenvalue weighted by Gasteiger charge is -2.36. The molecule has 0 unspecified atom stereocenters. The molecule has 1 heterocycles. The Morgan fingerprint density at radius 2 is 1.65 bits per heavy atom. The van der Waals surface area contributed by atoms with Crippen molar-refractivity contribution in [3.8, 4) is 0 Å². The largest absolute Gasteiger partial charge is 0.382 e. The van der Waals surface area contributed by atoms with Gasteiger partial charge in [-0.05, 0) is 86.6 Å². The van der Waals surface area contributed by atoms with Crippen molar-refractivity contribution in [2.24, 2.45) is 0 Å². The monoisotopic (exact) mass is 589 g/mol. The van der Waals surface area contributed by atoms with Crippen molar-refractivity contribution in [3.63, 3.8) is 0 Å². The van der Waals surface area contributed by atoms with Crippen LogP contribution in [-0.2, 0) is 29.0 Å². The zero-order chi connectivity index (χ0) is 30.4. The number of nitrogens with zero attached hydrogens (tertiary/aromatic N) is 3. The van der Waals surface area contributed by atoms with E-state index in [1.54, 1.807) is 17.0 Å². The average Bonchev–Trinajstić information content (AvgIpc) is 3.48. The topological polar surface area (TPSA) is 54.8 Å². The van der Waals surface area contributed by atoms with Crippen molar-refractivity contribution in [3.05, 3.63) is 95.1 Å². The number of hydrogen-bond donors (Lipinski definition) is 0. The highest BCUT2D eigenvalue weighted by Gasteiger charge is 2.29. The first-order valence-corrected chi connectivity index (χ1v) is 16.1. The summed E-state index contributed by atoms with van der Waals surface area (Å²) in [7, 11) is 0. The minimum atomic E-state index is -0.252. The summed E-state index contributed by atoms with van der Waals surface area (Å²) in [4.78, 5) is 31.6. The molecule has 0 bridgehead atoms. The summed E-state index contributed by atoms with van der Waals surface area (Å²) in [5.74, 6) is -0.390. The molecule has 0 aliphatic heterocycles. The van der Waals surface area contributed by atoms with Gasteiger partial charge in [-0.2, -0.15) is 0 Å². The molecule has 43 heavy (non-hydrogen) atoms. The number of carbonyl (C=O) groups is 2. The van der Waals surface area contributed by atoms with Gasteiger partial charge >= 0.3 is 0 Å². The number of aromatic nitrogens is 1. The Kier molecular flexibility index (Phi) is 12.8. The molecule has 1 aliphatic carbocycles. The summed E-state index contributed by atoms with van der Waals surface area (Å²) in [6.45, 7) is 6.89. The van der Waals surface area contributed by atoms with Crippen molar-refractivity contribution in [2.75, 3.05) is 26.3 Å². The highest BCUT2D eigenvalue weighted by atomic mass is 19.1. The van der Waals surface area contributed by atoms with Gasteiger partial charge in [0.05, 0.1) is 6.54 Å². The fourth-order valence-corrected chi connectivity index (χ4v) is 5.91. The van der Waals surface area contributed by atoms with E-state index in [1.165, 1.54) is 24.1 Å². The number of amides is 2. The summed E-state index contributed by atoms with van der Waals surface area (Å²) in [5, 5.41) is 0. The lowest BCUT2D eigenvalue weighted by atomic mass is 9.94. The zero-order valence-corrected chi connectivity index (χ0v) is 26.0. The van der Waals surface area contributed by atoms with Gasteiger partial charge < -0.3 is 19.1 Å². The molecule has 0 spiro atoms. The Bertz CT molecular complexity index is 1270. The van der Waals surface area contributed by atoms with Gasteiger partial charge in [0.15, 0.2) is 0 Å². The first-order valence-electron chi connectivity index (χ1n) is 16.1. The molecular formula is C36H48FN3O3. The highest BCUT2D eigenvalue weighted by Crippen LogP contribution is 2.25. The van der Waals surface area contributed by atoms with Gasteiger partial charge in [-0.15, -0.1) is 0 Å². The lowest BCUT2D eigenvalue weighted by molar-refractivity contribution is -0.135. The van der Waals surface area contributed by atoms with E-state index in [9.17, 15) is 14.0 Å². The van der Waals surface area contributed by atoms with Gasteiger partial charge in [-0.3, -0.25) is 9.59 Å². The highest BCUT2D eigenvalue weighted by molar-refractivity contribution is 5.96. The third kappa shape index (κ3) is 9.78. The standard InChI is InChI=1S/C36H48FN3O3/c1-3-5-11-29-15-19-31(20-16-29)36(42)39(24-10-25-43-4-2)28-35(41)40(33-12-7-6-8-13-33)27-34-14-9-23-38(34)26-30-17-21-32(37)22-18-30/h9,14-23,33H,3-8,10-13,24-28H2,1-2H3. The molecule has 1 fully saturated rings. The van der Waals surface area contributed by atoms with Crippen LogP contribution in [0, 0.1) is 5.82 Å². The van der Waals surface area contributed by atoms with Crippen LogP contribution in [-0.4, -0.2) is 58.5 Å². The van der Waals surface area contributed by atoms with Crippen molar-refractivity contribution in [1.82, 2.24) is 14.4 Å². The molecule has 1 aliphatic rings. The van der Waals surface area contributed by atoms with E-state index < -0.39 is 0 Å². The summed E-state index contributed by atoms with van der Waals surface area (Å²) < 4.78 is 21.2. The Hall–Kier alpha value is -3.45. The molecule has 232 valence electrons. The molecule has 2 aromatic carbocycles. The second-order valence-electron chi connectivity index (χ2n) is 11.6. The quantitative estimate of drug-likeness (QED) is 0.165. The molecule has 1 aromatic heterocycles. The smallest absolute Gasteiger partial charge is 0.254 e. The minimum absolute atomic E-state index is 0.0224. The molecule has 0 N–H and O–H groups in total. The third-order valence-corrected chi connectivity index (χ3v) is 8.41. The van der Waals surface area contributed by atoms with Crippen molar-refractivity contribution in [2.45, 2.75) is 90.8 Å². The Balaban J connectivity index is 1.52. The summed E-state index contributed by atoms with van der Waals surface area (Å²) in [5.41, 5.74) is 3.87. The molecule has 0 atom stereocenters. The predicted octanol–water partition coefficient (Wildman–Crippen LogP) is 7.25. The van der Waals surface area contributed by atoms with E-state index in [4.69, 9.17) is 4.74 Å². The average molecular weight is 590 g/mol. The van der Waals surface area contributed by atoms with Crippen LogP contribution in [0.2, 0.25) is 0 Å². The Morgan fingerprint density at radius 3 is 2.35 bits per heavy atom. The van der Waals surface area contributed by atoms with Gasteiger partial charge in [0, 0.05) is 49.8 Å². The van der Waals surface area contributed by atoms with Crippen LogP contribution < -0.4 is 0 Å². The first kappa shape index (κ1) is 32.5. The van der Waals surface area contributed by atoms with E-state index >= 15 is 0 Å². The predicted molar refractivity (Wildman–Crippen MR) is 169 cm³/mol. The Labute approximate surface area is 256 Å². The van der Waals surface area contributed by atoms with Crippen LogP contribution in [0.1, 0.15) is 92.4 Å². The Morgan fingerprint density at radius 1 is 0.930 bits per heavy atom. The molecule has 0 radical (unpaired) electrons. The fraction of sp³-hybridized carbons (Fsp3) is 0.500. The molecular weight excluding hydrogens is 541 g/mol. The van der Waals surface area contributed by atoms with Gasteiger partial charge in [0.25, 0.3) is 5.91 Å². The van der Waals surface area contributed by atoms with Crippen LogP contribution in [0.5, 0.6) is 0 Å². The van der Waals surface area contributed by atoms with Gasteiger partial charge in [0.1, 0.15) is 12.4 Å². The van der Waals surface area contributed by atoms with Crippen molar-refractivity contribution in [1.29, 1.82) is 0 Å². The van der Waals surface area contributed by atoms with Gasteiger partial charge in [-0.1, -0.05) is 56.9 Å². The normalized spacial score (nSPS) is 13.7. The van der Waals surface area contributed by atoms with E-state index in [0.29, 0.717) is 44.8 Å². The second-order valence-corrected chi connectivity index (χ2v) is 11.6. The first-order chi connectivity index (χ1) is 21.0. The maximum atomic E-state index is 14.1. The molecule has 7 heteroatoms. The molecule has 1 saturated carbocycles. The van der Waals surface area contributed by atoms with Crippen molar-refractivity contribution >= 4 is 11.8 Å². The van der Waals surface area contributed by atoms with E-state index in [0.717, 1.165) is 56.2 Å². The molecule has 3 aromatic rings. The zero-order valence-electron chi connectivity index (χ0n) is 26.0. The summed E-state index contributed by atoms with van der Waals surface area (Å²) >= 11 is 0. The number of ether oxygens (including phenoxy) is 1. The summed E-state index contributed by atoms with van der Waals surface area (Å²) in [6.07, 6.45) is 11.3. The maximum absolute atomic E-state index is 14.1. The number of halogens is 1. The van der Waals surface area contributed by atoms with Crippen LogP contribution in [0.4, 0.5) is 4.39 Å². The van der Waals surface area contributed by atoms with E-state index in [1.807, 2.05) is 48.4 Å². The number of hydrogen-bond acceptors (Lipinski definition) is 3. The number of rotatable bonds is 16. The van der Waals surface area contributed by atoms with E-state index in [-0.39, 0.29) is 30.2 Å². The van der Waals surface area contributed by atoms with Crippen LogP contribution >= 0.6 is 0 Å². The number of unbranched alkanes of at least 4 members (excludes halogenated alkanes) is 1. The number of aryl methyl sites for hydroxylation is 1. The lowest BCUT2D eigenvalue weighted by Crippen LogP contribution is -2.48. The van der Waals surface area contributed by atoms with Crippen molar-refractivity contribution < 1.29 is 18.7 Å². The van der Waals surface area contributed by atoms with Crippen LogP contribution in [0.15, 0.2) is 66.9 Å². The molecule has 0 saturated heterocycles. The number of benzene rings is 2. The minimum Gasteiger partial charge on any atom is -0.382 e. The maximum Gasteiger partial charge on any atom is 0.254 e. The fourth-order valence-electron chi connectivity index (χ4n) is 5.91. The molecule has 4 rings (SSSR count). The summed E-state index contributed by atoms with van der Waals surface area (Å²) in [6, 6.07) is 18.6. The van der Waals surface area contributed by atoms with Gasteiger partial charge in [0.2, 0.25) is 5.91 Å². The SMILES string of the molecule is CCCCc1ccc(C(=O)N(CCCOCC)CC(=O)N(Cc2cccn2Cc2ccc(F)cc2)C2CCCCC2)cc1. The van der Waals surface area contributed by atoms with Gasteiger partial charge in [-0.25, -0.2) is 4.39 Å². The van der Waals surface area contributed by atoms with Crippen LogP contribution in [0.3, 0.4) is 0 Å².